The second-order valence-electron chi connectivity index (χ2n) is 21.2. The first kappa shape index (κ1) is 53.5. The molecule has 2 aromatic carbocycles. The fourth-order valence-electron chi connectivity index (χ4n) is 10.2. The highest BCUT2D eigenvalue weighted by Gasteiger charge is 2.62. The van der Waals surface area contributed by atoms with Crippen LogP contribution in [0.15, 0.2) is 48.5 Å². The molecule has 3 fully saturated rings. The Labute approximate surface area is 429 Å². The molecule has 3 aliphatic heterocycles. The molecule has 2 aromatic heterocycles. The molecule has 9 rings (SSSR count). The van der Waals surface area contributed by atoms with Crippen LogP contribution in [0.1, 0.15) is 129 Å². The highest BCUT2D eigenvalue weighted by Crippen LogP contribution is 2.50. The largest absolute Gasteiger partial charge is 0.347 e. The number of rotatable bonds is 17. The van der Waals surface area contributed by atoms with E-state index in [4.69, 9.17) is 10.5 Å². The maximum absolute atomic E-state index is 13.8. The van der Waals surface area contributed by atoms with Crippen LogP contribution in [0.5, 0.6) is 0 Å². The van der Waals surface area contributed by atoms with E-state index in [0.717, 1.165) is 11.1 Å². The Hall–Kier alpha value is -6.82. The van der Waals surface area contributed by atoms with E-state index in [1.807, 2.05) is 11.0 Å². The molecule has 5 heterocycles. The predicted molar refractivity (Wildman–Crippen MR) is 268 cm³/mol. The molecule has 0 unspecified atom stereocenters. The first-order valence-corrected chi connectivity index (χ1v) is 27.4. The van der Waals surface area contributed by atoms with Gasteiger partial charge < -0.3 is 25.2 Å². The van der Waals surface area contributed by atoms with Crippen molar-refractivity contribution >= 4 is 49.6 Å². The molecule has 74 heavy (non-hydrogen) atoms. The number of halogens is 1. The van der Waals surface area contributed by atoms with Gasteiger partial charge in [0, 0.05) is 84.1 Å². The van der Waals surface area contributed by atoms with Crippen molar-refractivity contribution in [2.75, 3.05) is 45.8 Å². The van der Waals surface area contributed by atoms with Crippen LogP contribution < -0.4 is 10.6 Å². The number of amides is 4. The van der Waals surface area contributed by atoms with E-state index in [2.05, 4.69) is 26.9 Å². The number of aromatic nitrogens is 4. The number of sulfone groups is 2. The standard InChI is InChI=1S/C27H33FN6O4S.C24H27N5O5S/c1-26(2,16-33-14-20(28)15-33)39(37,38)27(9-10-27)17-34-11-8-21-22(31-32(3)23(21)25(34)36)24(35)30-13-19-6-4-18(12-29)5-7-19;1-23(2,15-30)35(33,34)24(9-10-24)14-29-11-8-18-19(27-28(3)20(18)22(29)32)21(31)26-13-17-6-4-16(12-25)5-7-17/h4-7,20H,8-11,13-17H2,1-3H3,(H,30,35);4-7,15H,8-11,13-14H2,1-3H3,(H,26,31). The zero-order valence-corrected chi connectivity index (χ0v) is 43.9. The van der Waals surface area contributed by atoms with Gasteiger partial charge in [0.1, 0.15) is 28.6 Å². The molecule has 2 aliphatic carbocycles. The maximum atomic E-state index is 13.8. The topological polar surface area (TPSA) is 271 Å². The maximum Gasteiger partial charge on any atom is 0.272 e. The molecule has 5 aliphatic rings. The highest BCUT2D eigenvalue weighted by atomic mass is 32.2. The molecule has 2 saturated carbocycles. The third-order valence-corrected chi connectivity index (χ3v) is 21.4. The SMILES string of the molecule is Cn1nc(C(=O)NCc2ccc(C#N)cc2)c2c1C(=O)N(CC1(S(=O)(=O)C(C)(C)C=O)CC1)CC2.Cn1nc(C(=O)NCc2ccc(C#N)cc2)c2c1C(=O)N(CC1(S(=O)(=O)C(C)(C)CN3CC(F)C3)CC1)CC2. The zero-order valence-electron chi connectivity index (χ0n) is 42.3. The number of hydrogen-bond acceptors (Lipinski definition) is 14. The summed E-state index contributed by atoms with van der Waals surface area (Å²) >= 11 is 0. The van der Waals surface area contributed by atoms with E-state index in [0.29, 0.717) is 79.3 Å². The monoisotopic (exact) mass is 1050 g/mol. The van der Waals surface area contributed by atoms with Crippen molar-refractivity contribution in [2.45, 2.75) is 104 Å². The Balaban J connectivity index is 0.000000198. The lowest BCUT2D eigenvalue weighted by molar-refractivity contribution is -0.109. The van der Waals surface area contributed by atoms with Gasteiger partial charge >= 0.3 is 0 Å². The van der Waals surface area contributed by atoms with Gasteiger partial charge in [-0.2, -0.15) is 20.7 Å². The first-order valence-electron chi connectivity index (χ1n) is 24.4. The number of hydrogen-bond donors (Lipinski definition) is 2. The zero-order chi connectivity index (χ0) is 53.8. The number of likely N-dealkylation sites (tertiary alicyclic amines) is 1. The number of nitriles is 2. The third-order valence-electron chi connectivity index (χ3n) is 15.0. The van der Waals surface area contributed by atoms with E-state index < -0.39 is 56.6 Å². The van der Waals surface area contributed by atoms with Crippen LogP contribution in [-0.2, 0) is 64.5 Å². The number of fused-ring (bicyclic) bond motifs is 2. The molecule has 4 amide bonds. The minimum Gasteiger partial charge on any atom is -0.347 e. The lowest BCUT2D eigenvalue weighted by Crippen LogP contribution is -2.58. The number of aldehydes is 1. The normalized spacial score (nSPS) is 18.1. The Kier molecular flexibility index (Phi) is 14.3. The predicted octanol–water partition coefficient (Wildman–Crippen LogP) is 2.74. The Morgan fingerprint density at radius 1 is 0.716 bits per heavy atom. The van der Waals surface area contributed by atoms with Crippen LogP contribution in [0.25, 0.3) is 0 Å². The van der Waals surface area contributed by atoms with E-state index in [1.165, 1.54) is 28.1 Å². The number of benzene rings is 2. The van der Waals surface area contributed by atoms with E-state index in [-0.39, 0.29) is 81.3 Å². The second kappa shape index (κ2) is 19.8. The molecular weight excluding hydrogens is 994 g/mol. The van der Waals surface area contributed by atoms with Gasteiger partial charge in [-0.05, 0) is 102 Å². The Morgan fingerprint density at radius 3 is 1.46 bits per heavy atom. The molecule has 392 valence electrons. The molecular formula is C51H60FN11O9S2. The van der Waals surface area contributed by atoms with Crippen LogP contribution in [0, 0.1) is 22.7 Å². The van der Waals surface area contributed by atoms with Crippen molar-refractivity contribution in [3.05, 3.63) is 105 Å². The molecule has 0 bridgehead atoms. The van der Waals surface area contributed by atoms with Gasteiger partial charge in [0.25, 0.3) is 23.6 Å². The molecule has 2 N–H and O–H groups in total. The smallest absolute Gasteiger partial charge is 0.272 e. The van der Waals surface area contributed by atoms with Crippen LogP contribution >= 0.6 is 0 Å². The van der Waals surface area contributed by atoms with Crippen molar-refractivity contribution in [1.82, 2.24) is 44.9 Å². The minimum absolute atomic E-state index is 0.0102. The summed E-state index contributed by atoms with van der Waals surface area (Å²) < 4.78 is 65.1. The van der Waals surface area contributed by atoms with Crippen LogP contribution in [0.2, 0.25) is 0 Å². The van der Waals surface area contributed by atoms with Gasteiger partial charge in [0.2, 0.25) is 0 Å². The average Bonchev–Trinajstić information content (AvgIpc) is 4.28. The lowest BCUT2D eigenvalue weighted by Gasteiger charge is -2.41. The quantitative estimate of drug-likeness (QED) is 0.144. The summed E-state index contributed by atoms with van der Waals surface area (Å²) in [5, 5.41) is 32.1. The van der Waals surface area contributed by atoms with Crippen LogP contribution in [0.4, 0.5) is 4.39 Å². The van der Waals surface area contributed by atoms with Crippen molar-refractivity contribution in [1.29, 1.82) is 10.5 Å². The van der Waals surface area contributed by atoms with E-state index in [1.54, 1.807) is 81.4 Å². The second-order valence-corrected chi connectivity index (χ2v) is 27.1. The van der Waals surface area contributed by atoms with Gasteiger partial charge in [0.05, 0.1) is 37.5 Å². The number of carbonyl (C=O) groups excluding carboxylic acids is 5. The fraction of sp³-hybridized carbons (Fsp3) is 0.510. The van der Waals surface area contributed by atoms with Crippen LogP contribution in [0.3, 0.4) is 0 Å². The Morgan fingerprint density at radius 2 is 1.11 bits per heavy atom. The van der Waals surface area contributed by atoms with Gasteiger partial charge in [0.15, 0.2) is 31.1 Å². The number of nitrogens with zero attached hydrogens (tertiary/aromatic N) is 9. The number of aryl methyl sites for hydroxylation is 2. The highest BCUT2D eigenvalue weighted by molar-refractivity contribution is 7.95. The fourth-order valence-corrected chi connectivity index (χ4v) is 14.9. The third kappa shape index (κ3) is 9.84. The summed E-state index contributed by atoms with van der Waals surface area (Å²) in [5.41, 5.74) is 4.71. The number of nitrogens with one attached hydrogen (secondary N) is 2. The summed E-state index contributed by atoms with van der Waals surface area (Å²) in [4.78, 5) is 69.0. The molecule has 1 saturated heterocycles. The van der Waals surface area contributed by atoms with E-state index >= 15 is 0 Å². The van der Waals surface area contributed by atoms with Gasteiger partial charge in [-0.3, -0.25) is 33.4 Å². The Bertz CT molecular complexity index is 3230. The van der Waals surface area contributed by atoms with Gasteiger partial charge in [-0.25, -0.2) is 21.2 Å². The molecule has 4 aromatic rings. The van der Waals surface area contributed by atoms with Gasteiger partial charge in [-0.15, -0.1) is 0 Å². The lowest BCUT2D eigenvalue weighted by atomic mass is 10.0. The summed E-state index contributed by atoms with van der Waals surface area (Å²) in [6, 6.07) is 17.8. The van der Waals surface area contributed by atoms with Crippen molar-refractivity contribution in [3.8, 4) is 12.1 Å². The number of carbonyl (C=O) groups is 5. The summed E-state index contributed by atoms with van der Waals surface area (Å²) in [7, 11) is -4.25. The molecule has 0 radical (unpaired) electrons. The molecule has 20 nitrogen and oxygen atoms in total. The minimum atomic E-state index is -3.80. The van der Waals surface area contributed by atoms with Crippen LogP contribution in [-0.4, -0.2) is 152 Å². The summed E-state index contributed by atoms with van der Waals surface area (Å²) in [5.74, 6) is -1.53. The van der Waals surface area contributed by atoms with Crippen molar-refractivity contribution < 1.29 is 45.2 Å². The van der Waals surface area contributed by atoms with E-state index in [9.17, 15) is 45.2 Å². The number of alkyl halides is 1. The summed E-state index contributed by atoms with van der Waals surface area (Å²) in [6.07, 6.45) is 2.06. The molecule has 0 spiro atoms. The molecule has 23 heteroatoms. The average molecular weight is 1050 g/mol. The van der Waals surface area contributed by atoms with Crippen molar-refractivity contribution in [3.63, 3.8) is 0 Å². The molecule has 0 atom stereocenters. The van der Waals surface area contributed by atoms with Crippen molar-refractivity contribution in [2.24, 2.45) is 14.1 Å². The summed E-state index contributed by atoms with van der Waals surface area (Å²) in [6.45, 7) is 8.05. The van der Waals surface area contributed by atoms with Gasteiger partial charge in [-0.1, -0.05) is 24.3 Å². The first-order chi connectivity index (χ1) is 34.8.